The number of methoxy groups -OCH3 is 1. The van der Waals surface area contributed by atoms with Crippen LogP contribution in [0.5, 0.6) is 5.75 Å². The lowest BCUT2D eigenvalue weighted by Crippen LogP contribution is -2.51. The van der Waals surface area contributed by atoms with E-state index in [0.717, 1.165) is 5.56 Å². The van der Waals surface area contributed by atoms with Crippen LogP contribution in [0.2, 0.25) is 5.02 Å². The number of anilines is 1. The summed E-state index contributed by atoms with van der Waals surface area (Å²) < 4.78 is 10.4. The van der Waals surface area contributed by atoms with Crippen LogP contribution in [0.3, 0.4) is 0 Å². The molecule has 1 aliphatic rings. The number of carbonyl (C=O) groups excluding carboxylic acids is 2. The number of halogens is 1. The maximum atomic E-state index is 13.4. The molecule has 2 aromatic carbocycles. The molecule has 2 amide bonds. The summed E-state index contributed by atoms with van der Waals surface area (Å²) in [5.74, 6) is 0.570. The molecule has 0 bridgehead atoms. The zero-order valence-electron chi connectivity index (χ0n) is 17.7. The third-order valence-corrected chi connectivity index (χ3v) is 5.78. The van der Waals surface area contributed by atoms with Crippen LogP contribution in [0, 0.1) is 0 Å². The van der Waals surface area contributed by atoms with Crippen LogP contribution in [0.15, 0.2) is 71.3 Å². The van der Waals surface area contributed by atoms with Crippen LogP contribution in [0.25, 0.3) is 0 Å². The molecule has 1 fully saturated rings. The van der Waals surface area contributed by atoms with E-state index in [1.807, 2.05) is 30.3 Å². The fraction of sp³-hybridized carbons (Fsp3) is 0.250. The largest absolute Gasteiger partial charge is 0.495 e. The Morgan fingerprint density at radius 1 is 1.03 bits per heavy atom. The Hall–Kier alpha value is -3.29. The van der Waals surface area contributed by atoms with Crippen molar-refractivity contribution in [3.8, 4) is 5.75 Å². The minimum absolute atomic E-state index is 0.136. The van der Waals surface area contributed by atoms with Crippen molar-refractivity contribution >= 4 is 29.1 Å². The third-order valence-electron chi connectivity index (χ3n) is 5.48. The lowest BCUT2D eigenvalue weighted by molar-refractivity contribution is -0.122. The predicted molar refractivity (Wildman–Crippen MR) is 122 cm³/mol. The van der Waals surface area contributed by atoms with Crippen LogP contribution < -0.4 is 10.1 Å². The first-order valence-corrected chi connectivity index (χ1v) is 10.7. The molecule has 3 aromatic rings. The molecule has 7 nitrogen and oxygen atoms in total. The van der Waals surface area contributed by atoms with Crippen molar-refractivity contribution in [1.82, 2.24) is 9.80 Å². The van der Waals surface area contributed by atoms with Crippen molar-refractivity contribution in [1.29, 1.82) is 0 Å². The average molecular weight is 454 g/mol. The van der Waals surface area contributed by atoms with E-state index in [9.17, 15) is 9.59 Å². The number of piperazine rings is 1. The highest BCUT2D eigenvalue weighted by Gasteiger charge is 2.32. The van der Waals surface area contributed by atoms with E-state index in [4.69, 9.17) is 20.8 Å². The number of nitrogens with zero attached hydrogens (tertiary/aromatic N) is 2. The molecule has 1 unspecified atom stereocenters. The maximum Gasteiger partial charge on any atom is 0.289 e. The van der Waals surface area contributed by atoms with Gasteiger partial charge in [0.1, 0.15) is 11.8 Å². The minimum atomic E-state index is -0.502. The first kappa shape index (κ1) is 21.9. The second-order valence-corrected chi connectivity index (χ2v) is 7.86. The highest BCUT2D eigenvalue weighted by Crippen LogP contribution is 2.29. The third kappa shape index (κ3) is 4.79. The van der Waals surface area contributed by atoms with Gasteiger partial charge in [0.05, 0.1) is 18.4 Å². The predicted octanol–water partition coefficient (Wildman–Crippen LogP) is 4.08. The van der Waals surface area contributed by atoms with Crippen molar-refractivity contribution in [2.75, 3.05) is 38.6 Å². The zero-order chi connectivity index (χ0) is 22.5. The second kappa shape index (κ2) is 9.89. The van der Waals surface area contributed by atoms with Gasteiger partial charge in [-0.15, -0.1) is 0 Å². The van der Waals surface area contributed by atoms with Crippen LogP contribution >= 0.6 is 11.6 Å². The van der Waals surface area contributed by atoms with E-state index in [-0.39, 0.29) is 11.8 Å². The van der Waals surface area contributed by atoms with Gasteiger partial charge in [0.2, 0.25) is 5.91 Å². The van der Waals surface area contributed by atoms with Crippen LogP contribution in [-0.4, -0.2) is 54.9 Å². The molecule has 4 rings (SSSR count). The maximum absolute atomic E-state index is 13.4. The number of amides is 2. The van der Waals surface area contributed by atoms with Crippen LogP contribution in [-0.2, 0) is 4.79 Å². The quantitative estimate of drug-likeness (QED) is 0.608. The number of ether oxygens (including phenoxy) is 1. The second-order valence-electron chi connectivity index (χ2n) is 7.46. The number of benzene rings is 2. The minimum Gasteiger partial charge on any atom is -0.495 e. The Morgan fingerprint density at radius 3 is 2.41 bits per heavy atom. The normalized spacial score (nSPS) is 15.2. The van der Waals surface area contributed by atoms with Gasteiger partial charge in [0, 0.05) is 31.9 Å². The Morgan fingerprint density at radius 2 is 1.78 bits per heavy atom. The average Bonchev–Trinajstić information content (AvgIpc) is 3.35. The molecule has 0 spiro atoms. The number of hydrogen-bond acceptors (Lipinski definition) is 5. The van der Waals surface area contributed by atoms with E-state index in [2.05, 4.69) is 10.2 Å². The van der Waals surface area contributed by atoms with Gasteiger partial charge in [0.15, 0.2) is 5.76 Å². The van der Waals surface area contributed by atoms with Gasteiger partial charge >= 0.3 is 0 Å². The molecule has 8 heteroatoms. The highest BCUT2D eigenvalue weighted by atomic mass is 35.5. The lowest BCUT2D eigenvalue weighted by atomic mass is 10.0. The van der Waals surface area contributed by atoms with Gasteiger partial charge in [-0.2, -0.15) is 0 Å². The van der Waals surface area contributed by atoms with Gasteiger partial charge in [-0.05, 0) is 35.9 Å². The number of furan rings is 1. The standard InChI is InChI=1S/C24H24ClN3O4/c1-31-20-10-9-18(16-19(20)25)26-23(29)22(17-6-3-2-4-7-17)27-11-13-28(14-12-27)24(30)21-8-5-15-32-21/h2-10,15-16,22H,11-14H2,1H3,(H,26,29). The molecule has 1 atom stereocenters. The van der Waals surface area contributed by atoms with Crippen LogP contribution in [0.4, 0.5) is 5.69 Å². The Balaban J connectivity index is 1.50. The van der Waals surface area contributed by atoms with Crippen LogP contribution in [0.1, 0.15) is 22.2 Å². The fourth-order valence-corrected chi connectivity index (χ4v) is 4.12. The monoisotopic (exact) mass is 453 g/mol. The van der Waals surface area contributed by atoms with Crippen molar-refractivity contribution in [2.24, 2.45) is 0 Å². The van der Waals surface area contributed by atoms with Crippen molar-refractivity contribution in [2.45, 2.75) is 6.04 Å². The fourth-order valence-electron chi connectivity index (χ4n) is 3.86. The molecule has 1 N–H and O–H groups in total. The van der Waals surface area contributed by atoms with E-state index in [1.165, 1.54) is 6.26 Å². The number of hydrogen-bond donors (Lipinski definition) is 1. The van der Waals surface area contributed by atoms with Crippen molar-refractivity contribution < 1.29 is 18.7 Å². The Bertz CT molecular complexity index is 1060. The van der Waals surface area contributed by atoms with Gasteiger partial charge in [0.25, 0.3) is 5.91 Å². The molecule has 1 aliphatic heterocycles. The lowest BCUT2D eigenvalue weighted by Gasteiger charge is -2.38. The summed E-state index contributed by atoms with van der Waals surface area (Å²) in [6.45, 7) is 2.13. The summed E-state index contributed by atoms with van der Waals surface area (Å²) in [6, 6.07) is 17.6. The molecule has 1 saturated heterocycles. The smallest absolute Gasteiger partial charge is 0.289 e. The molecule has 0 saturated carbocycles. The molecule has 1 aromatic heterocycles. The SMILES string of the molecule is COc1ccc(NC(=O)C(c2ccccc2)N2CCN(C(=O)c3ccco3)CC2)cc1Cl. The van der Waals surface area contributed by atoms with E-state index < -0.39 is 6.04 Å². The Kier molecular flexibility index (Phi) is 6.78. The zero-order valence-corrected chi connectivity index (χ0v) is 18.4. The summed E-state index contributed by atoms with van der Waals surface area (Å²) in [5.41, 5.74) is 1.48. The molecule has 166 valence electrons. The highest BCUT2D eigenvalue weighted by molar-refractivity contribution is 6.32. The van der Waals surface area contributed by atoms with Gasteiger partial charge < -0.3 is 19.4 Å². The molecule has 0 radical (unpaired) electrons. The first-order chi connectivity index (χ1) is 15.6. The number of carbonyl (C=O) groups is 2. The molecule has 2 heterocycles. The molecule has 0 aliphatic carbocycles. The van der Waals surface area contributed by atoms with E-state index in [1.54, 1.807) is 42.3 Å². The number of nitrogens with one attached hydrogen (secondary N) is 1. The molecular weight excluding hydrogens is 430 g/mol. The molecular formula is C24H24ClN3O4. The summed E-state index contributed by atoms with van der Waals surface area (Å²) in [4.78, 5) is 29.8. The molecule has 32 heavy (non-hydrogen) atoms. The van der Waals surface area contributed by atoms with Crippen molar-refractivity contribution in [3.63, 3.8) is 0 Å². The summed E-state index contributed by atoms with van der Waals surface area (Å²) in [6.07, 6.45) is 1.49. The topological polar surface area (TPSA) is 75.0 Å². The summed E-state index contributed by atoms with van der Waals surface area (Å²) >= 11 is 6.21. The van der Waals surface area contributed by atoms with Gasteiger partial charge in [-0.3, -0.25) is 14.5 Å². The summed E-state index contributed by atoms with van der Waals surface area (Å²) in [5, 5.41) is 3.39. The van der Waals surface area contributed by atoms with Gasteiger partial charge in [-0.25, -0.2) is 0 Å². The van der Waals surface area contributed by atoms with E-state index >= 15 is 0 Å². The van der Waals surface area contributed by atoms with Crippen molar-refractivity contribution in [3.05, 3.63) is 83.3 Å². The van der Waals surface area contributed by atoms with E-state index in [0.29, 0.717) is 48.4 Å². The summed E-state index contributed by atoms with van der Waals surface area (Å²) in [7, 11) is 1.54. The Labute approximate surface area is 191 Å². The number of rotatable bonds is 6. The first-order valence-electron chi connectivity index (χ1n) is 10.3. The van der Waals surface area contributed by atoms with Gasteiger partial charge in [-0.1, -0.05) is 41.9 Å².